The topological polar surface area (TPSA) is 86.1 Å². The molecule has 1 aromatic heterocycles. The van der Waals surface area contributed by atoms with E-state index in [2.05, 4.69) is 15.6 Å². The van der Waals surface area contributed by atoms with E-state index >= 15 is 0 Å². The van der Waals surface area contributed by atoms with Gasteiger partial charge in [-0.15, -0.1) is 5.10 Å². The SMILES string of the molecule is COc1cccc(NC(=O)[C@H](C(C)C)n2nnc3ccccc3c2=O)c1. The van der Waals surface area contributed by atoms with Crippen molar-refractivity contribution >= 4 is 22.5 Å². The molecule has 2 aromatic carbocycles. The van der Waals surface area contributed by atoms with Crippen molar-refractivity contribution in [3.8, 4) is 5.75 Å². The van der Waals surface area contributed by atoms with Gasteiger partial charge in [-0.3, -0.25) is 9.59 Å². The fraction of sp³-hybridized carbons (Fsp3) is 0.263. The van der Waals surface area contributed by atoms with Crippen molar-refractivity contribution in [2.24, 2.45) is 5.92 Å². The Hall–Kier alpha value is -3.22. The number of methoxy groups -OCH3 is 1. The second kappa shape index (κ2) is 7.35. The lowest BCUT2D eigenvalue weighted by Gasteiger charge is -2.21. The molecule has 0 unspecified atom stereocenters. The third kappa shape index (κ3) is 3.42. The zero-order valence-corrected chi connectivity index (χ0v) is 14.8. The molecule has 3 aromatic rings. The second-order valence-electron chi connectivity index (χ2n) is 6.27. The van der Waals surface area contributed by atoms with Gasteiger partial charge < -0.3 is 10.1 Å². The first-order chi connectivity index (χ1) is 12.5. The first kappa shape index (κ1) is 17.6. The molecule has 0 saturated heterocycles. The van der Waals surface area contributed by atoms with Crippen molar-refractivity contribution in [2.75, 3.05) is 12.4 Å². The van der Waals surface area contributed by atoms with Gasteiger partial charge in [0.15, 0.2) is 0 Å². The summed E-state index contributed by atoms with van der Waals surface area (Å²) >= 11 is 0. The van der Waals surface area contributed by atoms with Crippen LogP contribution in [0.5, 0.6) is 5.75 Å². The number of nitrogens with zero attached hydrogens (tertiary/aromatic N) is 3. The largest absolute Gasteiger partial charge is 0.497 e. The van der Waals surface area contributed by atoms with E-state index in [4.69, 9.17) is 4.74 Å². The van der Waals surface area contributed by atoms with Gasteiger partial charge in [0.2, 0.25) is 5.91 Å². The van der Waals surface area contributed by atoms with Gasteiger partial charge in [-0.1, -0.05) is 37.3 Å². The monoisotopic (exact) mass is 352 g/mol. The van der Waals surface area contributed by atoms with Crippen LogP contribution in [0.4, 0.5) is 5.69 Å². The summed E-state index contributed by atoms with van der Waals surface area (Å²) in [6, 6.07) is 13.2. The summed E-state index contributed by atoms with van der Waals surface area (Å²) in [5, 5.41) is 11.3. The lowest BCUT2D eigenvalue weighted by Crippen LogP contribution is -2.38. The maximum absolute atomic E-state index is 12.9. The summed E-state index contributed by atoms with van der Waals surface area (Å²) in [4.78, 5) is 25.7. The highest BCUT2D eigenvalue weighted by atomic mass is 16.5. The Kier molecular flexibility index (Phi) is 4.97. The zero-order chi connectivity index (χ0) is 18.7. The molecule has 0 bridgehead atoms. The summed E-state index contributed by atoms with van der Waals surface area (Å²) in [7, 11) is 1.56. The van der Waals surface area contributed by atoms with Gasteiger partial charge in [0.1, 0.15) is 17.3 Å². The second-order valence-corrected chi connectivity index (χ2v) is 6.27. The Morgan fingerprint density at radius 2 is 1.92 bits per heavy atom. The minimum Gasteiger partial charge on any atom is -0.497 e. The highest BCUT2D eigenvalue weighted by molar-refractivity contribution is 5.94. The number of aromatic nitrogens is 3. The van der Waals surface area contributed by atoms with Crippen molar-refractivity contribution in [3.05, 3.63) is 58.9 Å². The smallest absolute Gasteiger partial charge is 0.278 e. The van der Waals surface area contributed by atoms with Crippen LogP contribution >= 0.6 is 0 Å². The lowest BCUT2D eigenvalue weighted by atomic mass is 10.0. The average Bonchev–Trinajstić information content (AvgIpc) is 2.64. The number of nitrogens with one attached hydrogen (secondary N) is 1. The van der Waals surface area contributed by atoms with Gasteiger partial charge in [0.05, 0.1) is 12.5 Å². The van der Waals surface area contributed by atoms with E-state index in [0.717, 1.165) is 4.68 Å². The predicted octanol–water partition coefficient (Wildman–Crippen LogP) is 2.64. The molecule has 1 amide bonds. The average molecular weight is 352 g/mol. The molecule has 134 valence electrons. The number of hydrogen-bond acceptors (Lipinski definition) is 5. The molecule has 0 aliphatic carbocycles. The first-order valence-corrected chi connectivity index (χ1v) is 8.30. The van der Waals surface area contributed by atoms with Crippen LogP contribution in [0.15, 0.2) is 53.3 Å². The van der Waals surface area contributed by atoms with Crippen LogP contribution in [0.1, 0.15) is 19.9 Å². The molecule has 0 aliphatic heterocycles. The Bertz CT molecular complexity index is 997. The van der Waals surface area contributed by atoms with Crippen molar-refractivity contribution < 1.29 is 9.53 Å². The molecule has 0 fully saturated rings. The molecule has 7 heteroatoms. The summed E-state index contributed by atoms with van der Waals surface area (Å²) in [6.45, 7) is 3.72. The Morgan fingerprint density at radius 1 is 1.15 bits per heavy atom. The van der Waals surface area contributed by atoms with Crippen LogP contribution in [0.25, 0.3) is 10.9 Å². The number of rotatable bonds is 5. The van der Waals surface area contributed by atoms with Crippen LogP contribution in [-0.4, -0.2) is 28.0 Å². The molecule has 0 spiro atoms. The summed E-state index contributed by atoms with van der Waals surface area (Å²) in [5.74, 6) is 0.139. The number of carbonyl (C=O) groups is 1. The van der Waals surface area contributed by atoms with E-state index in [-0.39, 0.29) is 17.4 Å². The van der Waals surface area contributed by atoms with E-state index in [9.17, 15) is 9.59 Å². The molecular weight excluding hydrogens is 332 g/mol. The van der Waals surface area contributed by atoms with Crippen LogP contribution in [0.3, 0.4) is 0 Å². The first-order valence-electron chi connectivity index (χ1n) is 8.30. The molecule has 1 heterocycles. The summed E-state index contributed by atoms with van der Waals surface area (Å²) in [5.41, 5.74) is 0.751. The van der Waals surface area contributed by atoms with E-state index in [0.29, 0.717) is 22.3 Å². The van der Waals surface area contributed by atoms with E-state index < -0.39 is 6.04 Å². The van der Waals surface area contributed by atoms with Crippen LogP contribution in [0.2, 0.25) is 0 Å². The van der Waals surface area contributed by atoms with Gasteiger partial charge >= 0.3 is 0 Å². The fourth-order valence-corrected chi connectivity index (χ4v) is 2.80. The fourth-order valence-electron chi connectivity index (χ4n) is 2.80. The number of hydrogen-bond donors (Lipinski definition) is 1. The highest BCUT2D eigenvalue weighted by Gasteiger charge is 2.27. The maximum Gasteiger partial charge on any atom is 0.278 e. The van der Waals surface area contributed by atoms with Gasteiger partial charge in [-0.05, 0) is 30.2 Å². The third-order valence-corrected chi connectivity index (χ3v) is 4.09. The van der Waals surface area contributed by atoms with Crippen LogP contribution < -0.4 is 15.6 Å². The molecule has 26 heavy (non-hydrogen) atoms. The highest BCUT2D eigenvalue weighted by Crippen LogP contribution is 2.21. The predicted molar refractivity (Wildman–Crippen MR) is 99.3 cm³/mol. The molecule has 7 nitrogen and oxygen atoms in total. The third-order valence-electron chi connectivity index (χ3n) is 4.09. The summed E-state index contributed by atoms with van der Waals surface area (Å²) in [6.07, 6.45) is 0. The normalized spacial score (nSPS) is 12.2. The maximum atomic E-state index is 12.9. The van der Waals surface area contributed by atoms with Crippen molar-refractivity contribution in [2.45, 2.75) is 19.9 Å². The quantitative estimate of drug-likeness (QED) is 0.763. The minimum atomic E-state index is -0.786. The van der Waals surface area contributed by atoms with E-state index in [1.165, 1.54) is 0 Å². The number of benzene rings is 2. The molecule has 0 radical (unpaired) electrons. The standard InChI is InChI=1S/C19H20N4O3/c1-12(2)17(18(24)20-13-7-6-8-14(11-13)26-3)23-19(25)15-9-4-5-10-16(15)21-22-23/h4-12,17H,1-3H3,(H,20,24)/t17-/m0/s1. The minimum absolute atomic E-state index is 0.159. The lowest BCUT2D eigenvalue weighted by molar-refractivity contribution is -0.120. The number of amides is 1. The Labute approximate surface area is 150 Å². The number of anilines is 1. The molecule has 1 atom stereocenters. The van der Waals surface area contributed by atoms with Gasteiger partial charge in [-0.2, -0.15) is 4.68 Å². The molecule has 0 saturated carbocycles. The van der Waals surface area contributed by atoms with Gasteiger partial charge in [0.25, 0.3) is 5.56 Å². The number of fused-ring (bicyclic) bond motifs is 1. The summed E-state index contributed by atoms with van der Waals surface area (Å²) < 4.78 is 6.32. The Morgan fingerprint density at radius 3 is 2.65 bits per heavy atom. The van der Waals surface area contributed by atoms with E-state index in [1.54, 1.807) is 55.6 Å². The molecule has 3 rings (SSSR count). The Balaban J connectivity index is 1.98. The van der Waals surface area contributed by atoms with E-state index in [1.807, 2.05) is 13.8 Å². The number of carbonyl (C=O) groups excluding carboxylic acids is 1. The van der Waals surface area contributed by atoms with Crippen LogP contribution in [-0.2, 0) is 4.79 Å². The van der Waals surface area contributed by atoms with Gasteiger partial charge in [-0.25, -0.2) is 0 Å². The molecular formula is C19H20N4O3. The number of ether oxygens (including phenoxy) is 1. The molecule has 1 N–H and O–H groups in total. The zero-order valence-electron chi connectivity index (χ0n) is 14.8. The van der Waals surface area contributed by atoms with Gasteiger partial charge in [0, 0.05) is 11.8 Å². The van der Waals surface area contributed by atoms with Crippen molar-refractivity contribution in [1.82, 2.24) is 15.0 Å². The molecule has 0 aliphatic rings. The van der Waals surface area contributed by atoms with Crippen molar-refractivity contribution in [3.63, 3.8) is 0 Å². The van der Waals surface area contributed by atoms with Crippen molar-refractivity contribution in [1.29, 1.82) is 0 Å². The van der Waals surface area contributed by atoms with Crippen LogP contribution in [0, 0.1) is 5.92 Å².